The molecule has 0 N–H and O–H groups in total. The Morgan fingerprint density at radius 3 is 2.70 bits per heavy atom. The summed E-state index contributed by atoms with van der Waals surface area (Å²) in [6.07, 6.45) is 7.66. The van der Waals surface area contributed by atoms with Crippen LogP contribution in [-0.4, -0.2) is 23.1 Å². The van der Waals surface area contributed by atoms with Gasteiger partial charge in [0.1, 0.15) is 23.7 Å². The summed E-state index contributed by atoms with van der Waals surface area (Å²) < 4.78 is 18.8. The van der Waals surface area contributed by atoms with Gasteiger partial charge in [0.2, 0.25) is 5.88 Å². The fraction of sp³-hybridized carbons (Fsp3) is 0.412. The van der Waals surface area contributed by atoms with E-state index in [2.05, 4.69) is 14.9 Å². The Kier molecular flexibility index (Phi) is 4.96. The lowest BCUT2D eigenvalue weighted by Gasteiger charge is -2.32. The molecule has 0 saturated heterocycles. The number of halogens is 2. The lowest BCUT2D eigenvalue weighted by atomic mass is 9.94. The summed E-state index contributed by atoms with van der Waals surface area (Å²) in [5.41, 5.74) is 0. The van der Waals surface area contributed by atoms with E-state index in [-0.39, 0.29) is 5.02 Å². The average Bonchev–Trinajstić information content (AvgIpc) is 2.58. The predicted octanol–water partition coefficient (Wildman–Crippen LogP) is 4.83. The van der Waals surface area contributed by atoms with E-state index < -0.39 is 5.82 Å². The number of hydrogen-bond acceptors (Lipinski definition) is 4. The smallest absolute Gasteiger partial charge is 0.224 e. The predicted molar refractivity (Wildman–Crippen MR) is 88.8 cm³/mol. The van der Waals surface area contributed by atoms with Crippen LogP contribution in [0.25, 0.3) is 0 Å². The maximum Gasteiger partial charge on any atom is 0.224 e. The van der Waals surface area contributed by atoms with Gasteiger partial charge in [-0.1, -0.05) is 30.9 Å². The molecule has 2 aromatic rings. The number of rotatable bonds is 4. The van der Waals surface area contributed by atoms with Crippen molar-refractivity contribution in [2.45, 2.75) is 38.1 Å². The lowest BCUT2D eigenvalue weighted by molar-refractivity contribution is 0.424. The fourth-order valence-electron chi connectivity index (χ4n) is 2.90. The molecular weight excluding hydrogens is 317 g/mol. The molecule has 1 aromatic carbocycles. The van der Waals surface area contributed by atoms with Crippen LogP contribution in [0.15, 0.2) is 30.6 Å². The molecule has 0 unspecified atom stereocenters. The van der Waals surface area contributed by atoms with Crippen molar-refractivity contribution in [1.82, 2.24) is 9.97 Å². The minimum Gasteiger partial charge on any atom is -0.437 e. The van der Waals surface area contributed by atoms with Crippen LogP contribution in [0, 0.1) is 5.82 Å². The van der Waals surface area contributed by atoms with Gasteiger partial charge in [0.15, 0.2) is 0 Å². The SMILES string of the molecule is CN(c1cc(Oc2ccc(F)cc2Cl)ncn1)C1CCCCC1. The highest BCUT2D eigenvalue weighted by Gasteiger charge is 2.19. The van der Waals surface area contributed by atoms with Gasteiger partial charge in [0.05, 0.1) is 5.02 Å². The molecule has 1 fully saturated rings. The van der Waals surface area contributed by atoms with Gasteiger partial charge in [-0.15, -0.1) is 0 Å². The van der Waals surface area contributed by atoms with Gasteiger partial charge in [-0.2, -0.15) is 0 Å². The third-order valence-corrected chi connectivity index (χ3v) is 4.52. The van der Waals surface area contributed by atoms with E-state index in [9.17, 15) is 4.39 Å². The van der Waals surface area contributed by atoms with Crippen molar-refractivity contribution in [3.63, 3.8) is 0 Å². The van der Waals surface area contributed by atoms with Gasteiger partial charge in [-0.05, 0) is 31.0 Å². The van der Waals surface area contributed by atoms with Crippen molar-refractivity contribution in [1.29, 1.82) is 0 Å². The molecule has 0 atom stereocenters. The summed E-state index contributed by atoms with van der Waals surface area (Å²) in [6.45, 7) is 0. The molecule has 0 bridgehead atoms. The van der Waals surface area contributed by atoms with Crippen LogP contribution in [0.1, 0.15) is 32.1 Å². The maximum absolute atomic E-state index is 13.1. The van der Waals surface area contributed by atoms with Crippen LogP contribution in [0.3, 0.4) is 0 Å². The Hall–Kier alpha value is -1.88. The Morgan fingerprint density at radius 2 is 1.96 bits per heavy atom. The monoisotopic (exact) mass is 335 g/mol. The van der Waals surface area contributed by atoms with Gasteiger partial charge in [0, 0.05) is 19.2 Å². The van der Waals surface area contributed by atoms with Crippen LogP contribution < -0.4 is 9.64 Å². The number of aromatic nitrogens is 2. The van der Waals surface area contributed by atoms with Gasteiger partial charge in [-0.3, -0.25) is 0 Å². The summed E-state index contributed by atoms with van der Waals surface area (Å²) in [4.78, 5) is 10.6. The minimum atomic E-state index is -0.400. The van der Waals surface area contributed by atoms with Gasteiger partial charge < -0.3 is 9.64 Å². The third kappa shape index (κ3) is 3.91. The van der Waals surface area contributed by atoms with Crippen molar-refractivity contribution in [2.75, 3.05) is 11.9 Å². The molecule has 1 aromatic heterocycles. The second-order valence-electron chi connectivity index (χ2n) is 5.79. The zero-order valence-corrected chi connectivity index (χ0v) is 13.8. The zero-order valence-electron chi connectivity index (χ0n) is 13.0. The van der Waals surface area contributed by atoms with Gasteiger partial charge in [0.25, 0.3) is 0 Å². The summed E-state index contributed by atoms with van der Waals surface area (Å²) in [7, 11) is 2.05. The molecule has 122 valence electrons. The van der Waals surface area contributed by atoms with Crippen LogP contribution in [0.2, 0.25) is 5.02 Å². The van der Waals surface area contributed by atoms with Crippen LogP contribution in [0.5, 0.6) is 11.6 Å². The Morgan fingerprint density at radius 1 is 1.17 bits per heavy atom. The number of anilines is 1. The standard InChI is InChI=1S/C17H19ClFN3O/c1-22(13-5-3-2-4-6-13)16-10-17(21-11-20-16)23-15-8-7-12(19)9-14(15)18/h7-11,13H,2-6H2,1H3. The second kappa shape index (κ2) is 7.13. The summed E-state index contributed by atoms with van der Waals surface area (Å²) in [5.74, 6) is 1.19. The largest absolute Gasteiger partial charge is 0.437 e. The normalized spacial score (nSPS) is 15.4. The molecule has 1 aliphatic carbocycles. The number of hydrogen-bond donors (Lipinski definition) is 0. The van der Waals surface area contributed by atoms with E-state index in [1.54, 1.807) is 6.07 Å². The fourth-order valence-corrected chi connectivity index (χ4v) is 3.11. The van der Waals surface area contributed by atoms with E-state index in [4.69, 9.17) is 16.3 Å². The number of benzene rings is 1. The Labute approximate surface area is 140 Å². The Bertz CT molecular complexity index is 677. The van der Waals surface area contributed by atoms with E-state index in [0.29, 0.717) is 17.7 Å². The molecule has 1 heterocycles. The van der Waals surface area contributed by atoms with Crippen molar-refractivity contribution in [3.8, 4) is 11.6 Å². The summed E-state index contributed by atoms with van der Waals surface area (Å²) in [6, 6.07) is 6.30. The van der Waals surface area contributed by atoms with Crippen molar-refractivity contribution in [2.24, 2.45) is 0 Å². The highest BCUT2D eigenvalue weighted by molar-refractivity contribution is 6.32. The van der Waals surface area contributed by atoms with E-state index in [0.717, 1.165) is 5.82 Å². The number of ether oxygens (including phenoxy) is 1. The molecule has 0 aliphatic heterocycles. The topological polar surface area (TPSA) is 38.2 Å². The highest BCUT2D eigenvalue weighted by atomic mass is 35.5. The first-order valence-corrected chi connectivity index (χ1v) is 8.19. The molecule has 3 rings (SSSR count). The molecule has 0 radical (unpaired) electrons. The summed E-state index contributed by atoms with van der Waals surface area (Å²) >= 11 is 5.98. The van der Waals surface area contributed by atoms with Crippen molar-refractivity contribution >= 4 is 17.4 Å². The molecule has 1 saturated carbocycles. The quantitative estimate of drug-likeness (QED) is 0.802. The third-order valence-electron chi connectivity index (χ3n) is 4.22. The van der Waals surface area contributed by atoms with E-state index in [1.807, 2.05) is 7.05 Å². The lowest BCUT2D eigenvalue weighted by Crippen LogP contribution is -2.33. The first-order chi connectivity index (χ1) is 11.1. The molecule has 23 heavy (non-hydrogen) atoms. The van der Waals surface area contributed by atoms with Crippen LogP contribution in [0.4, 0.5) is 10.2 Å². The first-order valence-electron chi connectivity index (χ1n) is 7.81. The van der Waals surface area contributed by atoms with E-state index >= 15 is 0 Å². The average molecular weight is 336 g/mol. The van der Waals surface area contributed by atoms with E-state index in [1.165, 1.54) is 56.6 Å². The van der Waals surface area contributed by atoms with Gasteiger partial charge in [-0.25, -0.2) is 14.4 Å². The number of nitrogens with zero attached hydrogens (tertiary/aromatic N) is 3. The molecule has 6 heteroatoms. The van der Waals surface area contributed by atoms with Crippen molar-refractivity contribution in [3.05, 3.63) is 41.4 Å². The molecule has 4 nitrogen and oxygen atoms in total. The highest BCUT2D eigenvalue weighted by Crippen LogP contribution is 2.31. The summed E-state index contributed by atoms with van der Waals surface area (Å²) in [5, 5.41) is 0.214. The minimum absolute atomic E-state index is 0.214. The zero-order chi connectivity index (χ0) is 16.2. The molecule has 0 spiro atoms. The maximum atomic E-state index is 13.1. The second-order valence-corrected chi connectivity index (χ2v) is 6.20. The Balaban J connectivity index is 1.76. The van der Waals surface area contributed by atoms with Crippen LogP contribution in [-0.2, 0) is 0 Å². The van der Waals surface area contributed by atoms with Crippen molar-refractivity contribution < 1.29 is 9.13 Å². The van der Waals surface area contributed by atoms with Gasteiger partial charge >= 0.3 is 0 Å². The molecule has 1 aliphatic rings. The van der Waals surface area contributed by atoms with Crippen LogP contribution >= 0.6 is 11.6 Å². The molecule has 0 amide bonds. The molecular formula is C17H19ClFN3O. The first kappa shape index (κ1) is 16.0.